The van der Waals surface area contributed by atoms with Gasteiger partial charge in [-0.05, 0) is 45.2 Å². The van der Waals surface area contributed by atoms with Crippen LogP contribution in [0, 0.1) is 0 Å². The fourth-order valence-corrected chi connectivity index (χ4v) is 2.63. The number of likely N-dealkylation sites (tertiary alicyclic amines) is 1. The lowest BCUT2D eigenvalue weighted by Gasteiger charge is -2.38. The predicted octanol–water partition coefficient (Wildman–Crippen LogP) is 3.25. The van der Waals surface area contributed by atoms with Gasteiger partial charge < -0.3 is 9.32 Å². The lowest BCUT2D eigenvalue weighted by molar-refractivity contribution is 0.0477. The van der Waals surface area contributed by atoms with Crippen LogP contribution in [-0.4, -0.2) is 22.9 Å². The molecule has 0 radical (unpaired) electrons. The summed E-state index contributed by atoms with van der Waals surface area (Å²) in [7, 11) is 0. The molecular weight excluding hydrogens is 214 g/mol. The van der Waals surface area contributed by atoms with Crippen LogP contribution in [-0.2, 0) is 6.42 Å². The van der Waals surface area contributed by atoms with Crippen LogP contribution in [0.2, 0.25) is 0 Å². The van der Waals surface area contributed by atoms with Crippen molar-refractivity contribution in [2.75, 3.05) is 0 Å². The molecule has 94 valence electrons. The van der Waals surface area contributed by atoms with Crippen LogP contribution < -0.4 is 0 Å². The minimum Gasteiger partial charge on any atom is -0.456 e. The molecule has 0 bridgehead atoms. The summed E-state index contributed by atoms with van der Waals surface area (Å²) < 4.78 is 5.55. The van der Waals surface area contributed by atoms with Gasteiger partial charge in [0, 0.05) is 18.5 Å². The van der Waals surface area contributed by atoms with Gasteiger partial charge in [-0.15, -0.1) is 0 Å². The number of hydrogen-bond acceptors (Lipinski definition) is 2. The van der Waals surface area contributed by atoms with Crippen molar-refractivity contribution < 1.29 is 9.21 Å². The zero-order valence-electron chi connectivity index (χ0n) is 10.9. The van der Waals surface area contributed by atoms with Crippen molar-refractivity contribution in [3.05, 3.63) is 23.7 Å². The standard InChI is InChI=1S/C14H21NO2/c1-4-12-8-9-13(17-12)14(16)15-10(2)6-5-7-11(15)3/h8-11H,4-7H2,1-3H3. The third kappa shape index (κ3) is 2.38. The molecule has 1 aliphatic rings. The first-order chi connectivity index (χ1) is 8.13. The molecule has 2 atom stereocenters. The van der Waals surface area contributed by atoms with E-state index in [1.807, 2.05) is 17.9 Å². The predicted molar refractivity (Wildman–Crippen MR) is 67.0 cm³/mol. The van der Waals surface area contributed by atoms with Gasteiger partial charge >= 0.3 is 0 Å². The second-order valence-electron chi connectivity index (χ2n) is 4.96. The molecule has 2 rings (SSSR count). The highest BCUT2D eigenvalue weighted by Crippen LogP contribution is 2.25. The molecule has 2 heterocycles. The van der Waals surface area contributed by atoms with E-state index >= 15 is 0 Å². The Morgan fingerprint density at radius 1 is 1.35 bits per heavy atom. The van der Waals surface area contributed by atoms with E-state index in [1.165, 1.54) is 6.42 Å². The van der Waals surface area contributed by atoms with E-state index in [9.17, 15) is 4.79 Å². The van der Waals surface area contributed by atoms with Gasteiger partial charge in [0.05, 0.1) is 0 Å². The molecule has 0 N–H and O–H groups in total. The van der Waals surface area contributed by atoms with Crippen molar-refractivity contribution in [2.24, 2.45) is 0 Å². The summed E-state index contributed by atoms with van der Waals surface area (Å²) in [5.41, 5.74) is 0. The third-order valence-corrected chi connectivity index (χ3v) is 3.65. The Morgan fingerprint density at radius 2 is 2.00 bits per heavy atom. The summed E-state index contributed by atoms with van der Waals surface area (Å²) >= 11 is 0. The Bertz CT molecular complexity index is 387. The Balaban J connectivity index is 2.17. The van der Waals surface area contributed by atoms with Crippen LogP contribution in [0.25, 0.3) is 0 Å². The average Bonchev–Trinajstić information content (AvgIpc) is 2.77. The van der Waals surface area contributed by atoms with Crippen LogP contribution in [0.15, 0.2) is 16.5 Å². The molecule has 1 aromatic rings. The zero-order chi connectivity index (χ0) is 12.4. The minimum atomic E-state index is 0.0457. The second kappa shape index (κ2) is 4.94. The number of furan rings is 1. The van der Waals surface area contributed by atoms with Crippen LogP contribution >= 0.6 is 0 Å². The maximum atomic E-state index is 12.4. The topological polar surface area (TPSA) is 33.5 Å². The molecule has 1 saturated heterocycles. The molecule has 1 amide bonds. The number of aryl methyl sites for hydroxylation is 1. The second-order valence-corrected chi connectivity index (χ2v) is 4.96. The van der Waals surface area contributed by atoms with E-state index in [1.54, 1.807) is 6.07 Å². The molecule has 0 saturated carbocycles. The van der Waals surface area contributed by atoms with Crippen LogP contribution in [0.4, 0.5) is 0 Å². The minimum absolute atomic E-state index is 0.0457. The summed E-state index contributed by atoms with van der Waals surface area (Å²) in [5.74, 6) is 1.41. The third-order valence-electron chi connectivity index (χ3n) is 3.65. The highest BCUT2D eigenvalue weighted by Gasteiger charge is 2.31. The number of carbonyl (C=O) groups is 1. The first-order valence-corrected chi connectivity index (χ1v) is 6.54. The Kier molecular flexibility index (Phi) is 3.55. The number of nitrogens with zero attached hydrogens (tertiary/aromatic N) is 1. The van der Waals surface area contributed by atoms with Gasteiger partial charge in [0.25, 0.3) is 5.91 Å². The molecular formula is C14H21NO2. The van der Waals surface area contributed by atoms with Gasteiger partial charge in [0.1, 0.15) is 5.76 Å². The first kappa shape index (κ1) is 12.2. The van der Waals surface area contributed by atoms with Gasteiger partial charge in [-0.3, -0.25) is 4.79 Å². The van der Waals surface area contributed by atoms with E-state index in [0.29, 0.717) is 17.8 Å². The molecule has 0 aromatic carbocycles. The molecule has 0 spiro atoms. The monoisotopic (exact) mass is 235 g/mol. The number of rotatable bonds is 2. The smallest absolute Gasteiger partial charge is 0.290 e. The molecule has 1 aliphatic heterocycles. The normalized spacial score (nSPS) is 25.0. The average molecular weight is 235 g/mol. The molecule has 0 aliphatic carbocycles. The van der Waals surface area contributed by atoms with Crippen LogP contribution in [0.5, 0.6) is 0 Å². The lowest BCUT2D eigenvalue weighted by Crippen LogP contribution is -2.47. The van der Waals surface area contributed by atoms with Gasteiger partial charge in [0.2, 0.25) is 0 Å². The largest absolute Gasteiger partial charge is 0.456 e. The zero-order valence-corrected chi connectivity index (χ0v) is 10.9. The van der Waals surface area contributed by atoms with E-state index in [-0.39, 0.29) is 5.91 Å². The quantitative estimate of drug-likeness (QED) is 0.788. The summed E-state index contributed by atoms with van der Waals surface area (Å²) in [4.78, 5) is 14.4. The number of hydrogen-bond donors (Lipinski definition) is 0. The van der Waals surface area contributed by atoms with Crippen LogP contribution in [0.3, 0.4) is 0 Å². The summed E-state index contributed by atoms with van der Waals surface area (Å²) in [5, 5.41) is 0. The Hall–Kier alpha value is -1.25. The summed E-state index contributed by atoms with van der Waals surface area (Å²) in [6.45, 7) is 6.27. The summed E-state index contributed by atoms with van der Waals surface area (Å²) in [6.07, 6.45) is 4.23. The van der Waals surface area contributed by atoms with Crippen molar-refractivity contribution in [3.63, 3.8) is 0 Å². The number of carbonyl (C=O) groups excluding carboxylic acids is 1. The molecule has 17 heavy (non-hydrogen) atoms. The fourth-order valence-electron chi connectivity index (χ4n) is 2.63. The van der Waals surface area contributed by atoms with Gasteiger partial charge in [-0.1, -0.05) is 6.92 Å². The Morgan fingerprint density at radius 3 is 2.53 bits per heavy atom. The van der Waals surface area contributed by atoms with E-state index in [2.05, 4.69) is 13.8 Å². The van der Waals surface area contributed by atoms with E-state index in [0.717, 1.165) is 25.0 Å². The highest BCUT2D eigenvalue weighted by molar-refractivity contribution is 5.92. The van der Waals surface area contributed by atoms with Crippen LogP contribution in [0.1, 0.15) is 56.3 Å². The molecule has 1 fully saturated rings. The lowest BCUT2D eigenvalue weighted by atomic mass is 9.97. The summed E-state index contributed by atoms with van der Waals surface area (Å²) in [6, 6.07) is 4.34. The highest BCUT2D eigenvalue weighted by atomic mass is 16.4. The first-order valence-electron chi connectivity index (χ1n) is 6.54. The van der Waals surface area contributed by atoms with Gasteiger partial charge in [0.15, 0.2) is 5.76 Å². The van der Waals surface area contributed by atoms with E-state index < -0.39 is 0 Å². The van der Waals surface area contributed by atoms with Crippen molar-refractivity contribution >= 4 is 5.91 Å². The van der Waals surface area contributed by atoms with Crippen molar-refractivity contribution in [3.8, 4) is 0 Å². The fraction of sp³-hybridized carbons (Fsp3) is 0.643. The van der Waals surface area contributed by atoms with Crippen molar-refractivity contribution in [2.45, 2.75) is 58.5 Å². The molecule has 3 heteroatoms. The molecule has 1 aromatic heterocycles. The van der Waals surface area contributed by atoms with Gasteiger partial charge in [-0.25, -0.2) is 0 Å². The maximum Gasteiger partial charge on any atom is 0.290 e. The molecule has 3 nitrogen and oxygen atoms in total. The molecule has 2 unspecified atom stereocenters. The SMILES string of the molecule is CCc1ccc(C(=O)N2C(C)CCCC2C)o1. The number of amides is 1. The van der Waals surface area contributed by atoms with Crippen molar-refractivity contribution in [1.82, 2.24) is 4.90 Å². The number of piperidine rings is 1. The van der Waals surface area contributed by atoms with Gasteiger partial charge in [-0.2, -0.15) is 0 Å². The maximum absolute atomic E-state index is 12.4. The van der Waals surface area contributed by atoms with Crippen molar-refractivity contribution in [1.29, 1.82) is 0 Å². The Labute approximate surface area is 103 Å². The van der Waals surface area contributed by atoms with E-state index in [4.69, 9.17) is 4.42 Å².